The summed E-state index contributed by atoms with van der Waals surface area (Å²) in [5.41, 5.74) is 3.35. The van der Waals surface area contributed by atoms with Crippen molar-refractivity contribution in [3.8, 4) is 11.1 Å². The van der Waals surface area contributed by atoms with E-state index < -0.39 is 18.0 Å². The number of benzene rings is 4. The summed E-state index contributed by atoms with van der Waals surface area (Å²) in [5, 5.41) is 14.2. The second-order valence-electron chi connectivity index (χ2n) is 11.2. The second-order valence-corrected chi connectivity index (χ2v) is 11.2. The van der Waals surface area contributed by atoms with E-state index in [-0.39, 0.29) is 17.3 Å². The van der Waals surface area contributed by atoms with E-state index in [0.717, 1.165) is 33.4 Å². The van der Waals surface area contributed by atoms with Crippen LogP contribution < -0.4 is 9.80 Å². The molecule has 0 aliphatic carbocycles. The van der Waals surface area contributed by atoms with Crippen molar-refractivity contribution in [2.24, 2.45) is 0 Å². The Morgan fingerprint density at radius 3 is 2.36 bits per heavy atom. The van der Waals surface area contributed by atoms with Gasteiger partial charge in [0.1, 0.15) is 0 Å². The summed E-state index contributed by atoms with van der Waals surface area (Å²) in [4.78, 5) is 21.2. The predicted molar refractivity (Wildman–Crippen MR) is 168 cm³/mol. The SMILES string of the molecule is CC(=O)N1CCN(c2ccc(N3c4c(cnc5ccc(-c6ccc7ccccc7c6)cc45)C=CC3O)cc2C(F)(F)F)CC1. The number of hydrogen-bond acceptors (Lipinski definition) is 5. The molecule has 5 aromatic rings. The van der Waals surface area contributed by atoms with E-state index in [1.807, 2.05) is 36.4 Å². The Labute approximate surface area is 252 Å². The fourth-order valence-corrected chi connectivity index (χ4v) is 6.26. The van der Waals surface area contributed by atoms with Crippen molar-refractivity contribution in [1.29, 1.82) is 0 Å². The van der Waals surface area contributed by atoms with Gasteiger partial charge in [0.25, 0.3) is 0 Å². The first kappa shape index (κ1) is 27.9. The largest absolute Gasteiger partial charge is 0.418 e. The number of hydrogen-bond donors (Lipinski definition) is 1. The third kappa shape index (κ3) is 4.93. The molecule has 1 unspecified atom stereocenters. The van der Waals surface area contributed by atoms with E-state index in [1.54, 1.807) is 34.2 Å². The molecule has 1 saturated heterocycles. The van der Waals surface area contributed by atoms with Gasteiger partial charge in [-0.2, -0.15) is 13.2 Å². The van der Waals surface area contributed by atoms with Gasteiger partial charge in [-0.15, -0.1) is 0 Å². The molecule has 1 amide bonds. The quantitative estimate of drug-likeness (QED) is 0.239. The van der Waals surface area contributed by atoms with Gasteiger partial charge in [0.05, 0.1) is 16.8 Å². The highest BCUT2D eigenvalue weighted by Gasteiger charge is 2.37. The Balaban J connectivity index is 1.33. The summed E-state index contributed by atoms with van der Waals surface area (Å²) in [6, 6.07) is 24.4. The van der Waals surface area contributed by atoms with Gasteiger partial charge >= 0.3 is 6.18 Å². The highest BCUT2D eigenvalue weighted by atomic mass is 19.4. The van der Waals surface area contributed by atoms with E-state index in [0.29, 0.717) is 42.9 Å². The van der Waals surface area contributed by atoms with Crippen molar-refractivity contribution in [2.75, 3.05) is 36.0 Å². The molecule has 7 rings (SSSR count). The van der Waals surface area contributed by atoms with Crippen LogP contribution in [0.25, 0.3) is 38.9 Å². The minimum Gasteiger partial charge on any atom is -0.370 e. The Hall–Kier alpha value is -4.89. The van der Waals surface area contributed by atoms with Gasteiger partial charge in [0.2, 0.25) is 5.91 Å². The Bertz CT molecular complexity index is 1950. The first-order chi connectivity index (χ1) is 21.2. The molecule has 0 bridgehead atoms. The number of fused-ring (bicyclic) bond motifs is 4. The van der Waals surface area contributed by atoms with Gasteiger partial charge in [-0.1, -0.05) is 48.5 Å². The molecule has 1 fully saturated rings. The van der Waals surface area contributed by atoms with E-state index in [2.05, 4.69) is 29.2 Å². The van der Waals surface area contributed by atoms with Crippen LogP contribution in [0, 0.1) is 0 Å². The second kappa shape index (κ2) is 10.7. The molecule has 1 atom stereocenters. The Morgan fingerprint density at radius 2 is 1.61 bits per heavy atom. The lowest BCUT2D eigenvalue weighted by atomic mass is 9.97. The molecule has 2 aliphatic rings. The number of carbonyl (C=O) groups excluding carboxylic acids is 1. The first-order valence-electron chi connectivity index (χ1n) is 14.5. The monoisotopic (exact) mass is 594 g/mol. The van der Waals surface area contributed by atoms with Gasteiger partial charge in [-0.05, 0) is 64.4 Å². The van der Waals surface area contributed by atoms with Gasteiger partial charge < -0.3 is 19.8 Å². The maximum absolute atomic E-state index is 14.6. The Morgan fingerprint density at radius 1 is 0.886 bits per heavy atom. The van der Waals surface area contributed by atoms with Crippen LogP contribution in [-0.2, 0) is 11.0 Å². The average Bonchev–Trinajstić information content (AvgIpc) is 3.03. The van der Waals surface area contributed by atoms with Crippen LogP contribution in [0.1, 0.15) is 18.1 Å². The predicted octanol–water partition coefficient (Wildman–Crippen LogP) is 7.23. The minimum atomic E-state index is -4.63. The normalized spacial score (nSPS) is 16.9. The number of pyridine rings is 1. The number of anilines is 3. The fraction of sp³-hybridized carbons (Fsp3) is 0.200. The van der Waals surface area contributed by atoms with Gasteiger partial charge in [-0.3, -0.25) is 9.78 Å². The standard InChI is InChI=1S/C35H29F3N4O2/c1-22(43)40-14-16-41(17-15-40)32-12-10-28(20-30(32)35(36,37)38)42-33(44)13-9-27-21-39-31-11-8-26(19-29(31)34(27)42)25-7-6-23-4-2-3-5-24(23)18-25/h2-13,18-21,33,44H,14-17H2,1H3. The van der Waals surface area contributed by atoms with E-state index in [1.165, 1.54) is 17.9 Å². The summed E-state index contributed by atoms with van der Waals surface area (Å²) >= 11 is 0. The number of aliphatic hydroxyl groups is 1. The third-order valence-corrected chi connectivity index (χ3v) is 8.53. The number of nitrogens with zero attached hydrogens (tertiary/aromatic N) is 4. The fourth-order valence-electron chi connectivity index (χ4n) is 6.26. The van der Waals surface area contributed by atoms with Crippen molar-refractivity contribution >= 4 is 50.7 Å². The Kier molecular flexibility index (Phi) is 6.77. The summed E-state index contributed by atoms with van der Waals surface area (Å²) in [6.07, 6.45) is -0.851. The lowest BCUT2D eigenvalue weighted by Crippen LogP contribution is -2.48. The zero-order chi connectivity index (χ0) is 30.6. The molecule has 9 heteroatoms. The van der Waals surface area contributed by atoms with Crippen molar-refractivity contribution in [2.45, 2.75) is 19.3 Å². The molecule has 6 nitrogen and oxygen atoms in total. The number of piperazine rings is 1. The number of halogens is 3. The summed E-state index contributed by atoms with van der Waals surface area (Å²) in [5.74, 6) is -0.0904. The molecular formula is C35H29F3N4O2. The average molecular weight is 595 g/mol. The molecule has 0 radical (unpaired) electrons. The number of amides is 1. The van der Waals surface area contributed by atoms with E-state index in [9.17, 15) is 23.1 Å². The van der Waals surface area contributed by atoms with Crippen molar-refractivity contribution in [1.82, 2.24) is 9.88 Å². The van der Waals surface area contributed by atoms with Crippen molar-refractivity contribution < 1.29 is 23.1 Å². The maximum Gasteiger partial charge on any atom is 0.418 e. The molecule has 1 N–H and O–H groups in total. The molecule has 3 heterocycles. The van der Waals surface area contributed by atoms with Crippen LogP contribution in [0.2, 0.25) is 0 Å². The lowest BCUT2D eigenvalue weighted by molar-refractivity contribution is -0.137. The minimum absolute atomic E-state index is 0.0601. The van der Waals surface area contributed by atoms with Crippen LogP contribution in [0.3, 0.4) is 0 Å². The van der Waals surface area contributed by atoms with Crippen molar-refractivity contribution in [3.05, 3.63) is 102 Å². The lowest BCUT2D eigenvalue weighted by Gasteiger charge is -2.38. The zero-order valence-corrected chi connectivity index (χ0v) is 23.9. The molecular weight excluding hydrogens is 565 g/mol. The summed E-state index contributed by atoms with van der Waals surface area (Å²) < 4.78 is 43.7. The van der Waals surface area contributed by atoms with Gasteiger partial charge in [0.15, 0.2) is 6.23 Å². The number of alkyl halides is 3. The van der Waals surface area contributed by atoms with E-state index in [4.69, 9.17) is 0 Å². The number of rotatable bonds is 3. The topological polar surface area (TPSA) is 59.9 Å². The van der Waals surface area contributed by atoms with Gasteiger partial charge in [0, 0.05) is 61.6 Å². The molecule has 44 heavy (non-hydrogen) atoms. The molecule has 1 aromatic heterocycles. The van der Waals surface area contributed by atoms with Crippen LogP contribution in [-0.4, -0.2) is 53.3 Å². The summed E-state index contributed by atoms with van der Waals surface area (Å²) in [6.45, 7) is 2.78. The first-order valence-corrected chi connectivity index (χ1v) is 14.5. The van der Waals surface area contributed by atoms with Gasteiger partial charge in [-0.25, -0.2) is 0 Å². The molecule has 4 aromatic carbocycles. The number of carbonyl (C=O) groups is 1. The maximum atomic E-state index is 14.6. The van der Waals surface area contributed by atoms with Crippen LogP contribution >= 0.6 is 0 Å². The zero-order valence-electron chi connectivity index (χ0n) is 23.9. The molecule has 2 aliphatic heterocycles. The number of aromatic nitrogens is 1. The third-order valence-electron chi connectivity index (χ3n) is 8.53. The van der Waals surface area contributed by atoms with Crippen LogP contribution in [0.15, 0.2) is 91.1 Å². The number of aliphatic hydroxyl groups excluding tert-OH is 1. The highest BCUT2D eigenvalue weighted by molar-refractivity contribution is 6.02. The molecule has 0 spiro atoms. The van der Waals surface area contributed by atoms with Crippen molar-refractivity contribution in [3.63, 3.8) is 0 Å². The van der Waals surface area contributed by atoms with E-state index >= 15 is 0 Å². The van der Waals surface area contributed by atoms with Crippen LogP contribution in [0.4, 0.5) is 30.2 Å². The molecule has 222 valence electrons. The highest BCUT2D eigenvalue weighted by Crippen LogP contribution is 2.45. The summed E-state index contributed by atoms with van der Waals surface area (Å²) in [7, 11) is 0. The smallest absolute Gasteiger partial charge is 0.370 e. The van der Waals surface area contributed by atoms with Crippen LogP contribution in [0.5, 0.6) is 0 Å². The molecule has 0 saturated carbocycles.